The van der Waals surface area contributed by atoms with Gasteiger partial charge in [0.05, 0.1) is 13.0 Å². The summed E-state index contributed by atoms with van der Waals surface area (Å²) in [6.07, 6.45) is 0.0300. The lowest BCUT2D eigenvalue weighted by Gasteiger charge is -2.10. The van der Waals surface area contributed by atoms with Crippen molar-refractivity contribution in [1.82, 2.24) is 10.3 Å². The first-order valence-electron chi connectivity index (χ1n) is 4.57. The molecule has 0 aromatic carbocycles. The maximum absolute atomic E-state index is 11.4. The summed E-state index contributed by atoms with van der Waals surface area (Å²) in [4.78, 5) is 26.0. The van der Waals surface area contributed by atoms with Crippen molar-refractivity contribution in [1.29, 1.82) is 0 Å². The largest absolute Gasteiger partial charge is 0.480 e. The van der Waals surface area contributed by atoms with Crippen molar-refractivity contribution in [3.05, 3.63) is 16.1 Å². The molecule has 0 bridgehead atoms. The molecule has 0 spiro atoms. The Labute approximate surface area is 95.9 Å². The Morgan fingerprint density at radius 1 is 1.62 bits per heavy atom. The van der Waals surface area contributed by atoms with Crippen LogP contribution in [0.25, 0.3) is 0 Å². The molecule has 1 aromatic rings. The lowest BCUT2D eigenvalue weighted by atomic mass is 10.3. The number of aliphatic hydroxyl groups is 1. The van der Waals surface area contributed by atoms with Crippen LogP contribution in [0.1, 0.15) is 10.7 Å². The number of carboxylic acids is 1. The molecule has 1 rings (SSSR count). The van der Waals surface area contributed by atoms with Gasteiger partial charge in [-0.05, 0) is 6.92 Å². The third-order valence-electron chi connectivity index (χ3n) is 1.79. The van der Waals surface area contributed by atoms with E-state index in [0.717, 1.165) is 5.69 Å². The molecule has 16 heavy (non-hydrogen) atoms. The molecule has 0 fully saturated rings. The number of carbonyl (C=O) groups is 2. The summed E-state index contributed by atoms with van der Waals surface area (Å²) >= 11 is 1.34. The highest BCUT2D eigenvalue weighted by Gasteiger charge is 2.19. The minimum absolute atomic E-state index is 0.0300. The van der Waals surface area contributed by atoms with Gasteiger partial charge in [0, 0.05) is 11.1 Å². The summed E-state index contributed by atoms with van der Waals surface area (Å²) in [7, 11) is 0. The van der Waals surface area contributed by atoms with Crippen molar-refractivity contribution in [3.8, 4) is 0 Å². The molecule has 1 atom stereocenters. The summed E-state index contributed by atoms with van der Waals surface area (Å²) < 4.78 is 0. The van der Waals surface area contributed by atoms with Gasteiger partial charge >= 0.3 is 5.97 Å². The number of nitrogens with zero attached hydrogens (tertiary/aromatic N) is 1. The number of carboxylic acid groups (broad SMARTS) is 1. The van der Waals surface area contributed by atoms with Crippen molar-refractivity contribution in [2.45, 2.75) is 19.4 Å². The predicted octanol–water partition coefficient (Wildman–Crippen LogP) is -0.444. The number of aliphatic carboxylic acids is 1. The Bertz CT molecular complexity index is 391. The van der Waals surface area contributed by atoms with Crippen molar-refractivity contribution < 1.29 is 19.8 Å². The number of aryl methyl sites for hydroxylation is 1. The lowest BCUT2D eigenvalue weighted by molar-refractivity contribution is -0.142. The molecule has 1 amide bonds. The standard InChI is InChI=1S/C9H12N2O4S/c1-5-4-16-8(10-5)2-7(13)11-6(3-12)9(14)15/h4,6,12H,2-3H2,1H3,(H,11,13)(H,14,15). The molecule has 0 aliphatic carbocycles. The van der Waals surface area contributed by atoms with Gasteiger partial charge in [0.15, 0.2) is 0 Å². The first kappa shape index (κ1) is 12.6. The van der Waals surface area contributed by atoms with E-state index in [1.54, 1.807) is 0 Å². The molecule has 3 N–H and O–H groups in total. The van der Waals surface area contributed by atoms with Crippen molar-refractivity contribution in [3.63, 3.8) is 0 Å². The first-order valence-corrected chi connectivity index (χ1v) is 5.45. The average Bonchev–Trinajstić information content (AvgIpc) is 2.60. The predicted molar refractivity (Wildman–Crippen MR) is 57.2 cm³/mol. The number of thiazole rings is 1. The number of hydrogen-bond donors (Lipinski definition) is 3. The Hall–Kier alpha value is -1.47. The summed E-state index contributed by atoms with van der Waals surface area (Å²) in [6, 6.07) is -1.26. The number of rotatable bonds is 5. The molecular weight excluding hydrogens is 232 g/mol. The third kappa shape index (κ3) is 3.59. The van der Waals surface area contributed by atoms with Crippen LogP contribution in [0.2, 0.25) is 0 Å². The van der Waals surface area contributed by atoms with Gasteiger partial charge in [0.25, 0.3) is 0 Å². The Balaban J connectivity index is 2.50. The van der Waals surface area contributed by atoms with Crippen LogP contribution in [0.15, 0.2) is 5.38 Å². The van der Waals surface area contributed by atoms with E-state index in [4.69, 9.17) is 10.2 Å². The van der Waals surface area contributed by atoms with Crippen LogP contribution in [-0.2, 0) is 16.0 Å². The summed E-state index contributed by atoms with van der Waals surface area (Å²) in [6.45, 7) is 1.18. The van der Waals surface area contributed by atoms with Crippen LogP contribution in [-0.4, -0.2) is 39.7 Å². The lowest BCUT2D eigenvalue weighted by Crippen LogP contribution is -2.43. The average molecular weight is 244 g/mol. The van der Waals surface area contributed by atoms with Crippen molar-refractivity contribution >= 4 is 23.2 Å². The van der Waals surface area contributed by atoms with E-state index in [2.05, 4.69) is 10.3 Å². The molecule has 1 aromatic heterocycles. The topological polar surface area (TPSA) is 99.5 Å². The highest BCUT2D eigenvalue weighted by Crippen LogP contribution is 2.09. The van der Waals surface area contributed by atoms with Crippen LogP contribution < -0.4 is 5.32 Å². The second-order valence-electron chi connectivity index (χ2n) is 3.20. The second kappa shape index (κ2) is 5.57. The van der Waals surface area contributed by atoms with Gasteiger partial charge in [-0.2, -0.15) is 0 Å². The van der Waals surface area contributed by atoms with E-state index in [1.165, 1.54) is 11.3 Å². The molecule has 0 saturated heterocycles. The van der Waals surface area contributed by atoms with E-state index in [0.29, 0.717) is 5.01 Å². The van der Waals surface area contributed by atoms with Gasteiger partial charge in [0.1, 0.15) is 11.0 Å². The third-order valence-corrected chi connectivity index (χ3v) is 2.76. The van der Waals surface area contributed by atoms with Crippen molar-refractivity contribution in [2.24, 2.45) is 0 Å². The molecule has 1 heterocycles. The fourth-order valence-corrected chi connectivity index (χ4v) is 1.82. The molecule has 0 aliphatic rings. The van der Waals surface area contributed by atoms with Crippen molar-refractivity contribution in [2.75, 3.05) is 6.61 Å². The van der Waals surface area contributed by atoms with Gasteiger partial charge in [0.2, 0.25) is 5.91 Å². The van der Waals surface area contributed by atoms with E-state index >= 15 is 0 Å². The van der Waals surface area contributed by atoms with Crippen LogP contribution in [0.4, 0.5) is 0 Å². The molecular formula is C9H12N2O4S. The molecule has 6 nitrogen and oxygen atoms in total. The number of nitrogens with one attached hydrogen (secondary N) is 1. The molecule has 7 heteroatoms. The highest BCUT2D eigenvalue weighted by atomic mass is 32.1. The smallest absolute Gasteiger partial charge is 0.328 e. The molecule has 0 saturated carbocycles. The Morgan fingerprint density at radius 2 is 2.31 bits per heavy atom. The number of aliphatic hydroxyl groups excluding tert-OH is 1. The van der Waals surface area contributed by atoms with Gasteiger partial charge in [-0.3, -0.25) is 4.79 Å². The van der Waals surface area contributed by atoms with Gasteiger partial charge < -0.3 is 15.5 Å². The monoisotopic (exact) mass is 244 g/mol. The molecule has 1 unspecified atom stereocenters. The summed E-state index contributed by atoms with van der Waals surface area (Å²) in [5, 5.41) is 21.9. The summed E-state index contributed by atoms with van der Waals surface area (Å²) in [5.41, 5.74) is 0.824. The quantitative estimate of drug-likeness (QED) is 0.652. The minimum atomic E-state index is -1.26. The van der Waals surface area contributed by atoms with Gasteiger partial charge in [-0.1, -0.05) is 0 Å². The summed E-state index contributed by atoms with van der Waals surface area (Å²) in [5.74, 6) is -1.72. The zero-order valence-corrected chi connectivity index (χ0v) is 9.45. The van der Waals surface area contributed by atoms with E-state index < -0.39 is 24.5 Å². The van der Waals surface area contributed by atoms with E-state index in [9.17, 15) is 9.59 Å². The van der Waals surface area contributed by atoms with Gasteiger partial charge in [-0.15, -0.1) is 11.3 Å². The normalized spacial score (nSPS) is 12.1. The minimum Gasteiger partial charge on any atom is -0.480 e. The number of amides is 1. The SMILES string of the molecule is Cc1csc(CC(=O)NC(CO)C(=O)O)n1. The van der Waals surface area contributed by atoms with E-state index in [1.807, 2.05) is 12.3 Å². The maximum Gasteiger partial charge on any atom is 0.328 e. The number of hydrogen-bond acceptors (Lipinski definition) is 5. The van der Waals surface area contributed by atoms with Gasteiger partial charge in [-0.25, -0.2) is 9.78 Å². The number of aromatic nitrogens is 1. The Morgan fingerprint density at radius 3 is 2.75 bits per heavy atom. The maximum atomic E-state index is 11.4. The van der Waals surface area contributed by atoms with Crippen LogP contribution in [0.3, 0.4) is 0 Å². The first-order chi connectivity index (χ1) is 7.52. The zero-order chi connectivity index (χ0) is 12.1. The van der Waals surface area contributed by atoms with E-state index in [-0.39, 0.29) is 6.42 Å². The number of carbonyl (C=O) groups excluding carboxylic acids is 1. The zero-order valence-electron chi connectivity index (χ0n) is 8.64. The highest BCUT2D eigenvalue weighted by molar-refractivity contribution is 7.09. The van der Waals surface area contributed by atoms with Crippen LogP contribution in [0.5, 0.6) is 0 Å². The fraction of sp³-hybridized carbons (Fsp3) is 0.444. The van der Waals surface area contributed by atoms with Crippen LogP contribution in [0, 0.1) is 6.92 Å². The second-order valence-corrected chi connectivity index (χ2v) is 4.14. The van der Waals surface area contributed by atoms with Crippen LogP contribution >= 0.6 is 11.3 Å². The fourth-order valence-electron chi connectivity index (χ4n) is 1.05. The Kier molecular flexibility index (Phi) is 4.39. The molecule has 0 aliphatic heterocycles. The molecule has 0 radical (unpaired) electrons. The molecule has 88 valence electrons.